The molecule has 0 aliphatic carbocycles. The second-order valence-electron chi connectivity index (χ2n) is 5.68. The highest BCUT2D eigenvalue weighted by molar-refractivity contribution is 4.76. The van der Waals surface area contributed by atoms with Crippen molar-refractivity contribution in [2.24, 2.45) is 11.3 Å². The van der Waals surface area contributed by atoms with E-state index >= 15 is 0 Å². The molecule has 2 nitrogen and oxygen atoms in total. The predicted molar refractivity (Wildman–Crippen MR) is 60.5 cm³/mol. The summed E-state index contributed by atoms with van der Waals surface area (Å²) in [6.07, 6.45) is 2.47. The van der Waals surface area contributed by atoms with E-state index in [-0.39, 0.29) is 0 Å². The largest absolute Gasteiger partial charge is 0.381 e. The zero-order chi connectivity index (χ0) is 10.6. The molecule has 2 unspecified atom stereocenters. The Morgan fingerprint density at radius 2 is 2.14 bits per heavy atom. The molecule has 84 valence electrons. The third-order valence-corrected chi connectivity index (χ3v) is 3.01. The lowest BCUT2D eigenvalue weighted by Gasteiger charge is -2.23. The van der Waals surface area contributed by atoms with Crippen LogP contribution in [0.4, 0.5) is 0 Å². The Morgan fingerprint density at radius 1 is 1.43 bits per heavy atom. The second-order valence-corrected chi connectivity index (χ2v) is 5.68. The SMILES string of the molecule is CC(NCCC(C)(C)C)C1CCOC1. The molecule has 0 saturated carbocycles. The summed E-state index contributed by atoms with van der Waals surface area (Å²) in [4.78, 5) is 0. The van der Waals surface area contributed by atoms with Crippen molar-refractivity contribution in [1.82, 2.24) is 5.32 Å². The number of nitrogens with one attached hydrogen (secondary N) is 1. The van der Waals surface area contributed by atoms with Gasteiger partial charge in [-0.15, -0.1) is 0 Å². The molecule has 0 radical (unpaired) electrons. The molecule has 0 spiro atoms. The van der Waals surface area contributed by atoms with E-state index in [2.05, 4.69) is 33.0 Å². The monoisotopic (exact) mass is 199 g/mol. The van der Waals surface area contributed by atoms with E-state index in [9.17, 15) is 0 Å². The highest BCUT2D eigenvalue weighted by Gasteiger charge is 2.22. The molecular weight excluding hydrogens is 174 g/mol. The summed E-state index contributed by atoms with van der Waals surface area (Å²) in [5, 5.41) is 3.60. The fourth-order valence-corrected chi connectivity index (χ4v) is 1.79. The first kappa shape index (κ1) is 12.0. The van der Waals surface area contributed by atoms with Gasteiger partial charge in [0.2, 0.25) is 0 Å². The third-order valence-electron chi connectivity index (χ3n) is 3.01. The van der Waals surface area contributed by atoms with Gasteiger partial charge in [0.15, 0.2) is 0 Å². The molecule has 1 heterocycles. The first-order valence-electron chi connectivity index (χ1n) is 5.80. The van der Waals surface area contributed by atoms with Crippen LogP contribution in [0.25, 0.3) is 0 Å². The van der Waals surface area contributed by atoms with Gasteiger partial charge in [-0.05, 0) is 37.6 Å². The van der Waals surface area contributed by atoms with E-state index in [1.165, 1.54) is 12.8 Å². The Hall–Kier alpha value is -0.0800. The highest BCUT2D eigenvalue weighted by Crippen LogP contribution is 2.19. The topological polar surface area (TPSA) is 21.3 Å². The smallest absolute Gasteiger partial charge is 0.0509 e. The number of ether oxygens (including phenoxy) is 1. The van der Waals surface area contributed by atoms with Crippen molar-refractivity contribution < 1.29 is 4.74 Å². The summed E-state index contributed by atoms with van der Waals surface area (Å²) in [5.41, 5.74) is 0.443. The Bertz CT molecular complexity index is 156. The van der Waals surface area contributed by atoms with Gasteiger partial charge in [0.1, 0.15) is 0 Å². The van der Waals surface area contributed by atoms with Crippen molar-refractivity contribution in [3.63, 3.8) is 0 Å². The second kappa shape index (κ2) is 5.13. The van der Waals surface area contributed by atoms with E-state index in [1.54, 1.807) is 0 Å². The number of hydrogen-bond acceptors (Lipinski definition) is 2. The standard InChI is InChI=1S/C12H25NO/c1-10(11-5-8-14-9-11)13-7-6-12(2,3)4/h10-11,13H,5-9H2,1-4H3. The summed E-state index contributed by atoms with van der Waals surface area (Å²) >= 11 is 0. The molecule has 14 heavy (non-hydrogen) atoms. The molecule has 0 aromatic carbocycles. The average Bonchev–Trinajstić information content (AvgIpc) is 2.53. The van der Waals surface area contributed by atoms with Crippen LogP contribution in [-0.2, 0) is 4.74 Å². The summed E-state index contributed by atoms with van der Waals surface area (Å²) in [7, 11) is 0. The Kier molecular flexibility index (Phi) is 4.39. The summed E-state index contributed by atoms with van der Waals surface area (Å²) in [6, 6.07) is 0.611. The van der Waals surface area contributed by atoms with Gasteiger partial charge >= 0.3 is 0 Å². The molecule has 1 fully saturated rings. The molecule has 1 aliphatic heterocycles. The van der Waals surface area contributed by atoms with Gasteiger partial charge in [-0.2, -0.15) is 0 Å². The fourth-order valence-electron chi connectivity index (χ4n) is 1.79. The van der Waals surface area contributed by atoms with Gasteiger partial charge in [-0.3, -0.25) is 0 Å². The molecule has 1 rings (SSSR count). The average molecular weight is 199 g/mol. The Labute approximate surface area is 88.4 Å². The van der Waals surface area contributed by atoms with Crippen LogP contribution >= 0.6 is 0 Å². The van der Waals surface area contributed by atoms with Crippen LogP contribution in [-0.4, -0.2) is 25.8 Å². The van der Waals surface area contributed by atoms with Crippen molar-refractivity contribution in [2.45, 2.75) is 46.6 Å². The summed E-state index contributed by atoms with van der Waals surface area (Å²) in [5.74, 6) is 0.731. The van der Waals surface area contributed by atoms with Gasteiger partial charge in [-0.1, -0.05) is 20.8 Å². The van der Waals surface area contributed by atoms with E-state index in [4.69, 9.17) is 4.74 Å². The van der Waals surface area contributed by atoms with Gasteiger partial charge in [0.25, 0.3) is 0 Å². The minimum atomic E-state index is 0.443. The molecule has 0 amide bonds. The van der Waals surface area contributed by atoms with Crippen molar-refractivity contribution >= 4 is 0 Å². The molecule has 0 aromatic heterocycles. The minimum absolute atomic E-state index is 0.443. The van der Waals surface area contributed by atoms with Crippen LogP contribution in [0.1, 0.15) is 40.5 Å². The lowest BCUT2D eigenvalue weighted by Crippen LogP contribution is -2.35. The van der Waals surface area contributed by atoms with Gasteiger partial charge < -0.3 is 10.1 Å². The molecule has 1 saturated heterocycles. The Morgan fingerprint density at radius 3 is 2.64 bits per heavy atom. The van der Waals surface area contributed by atoms with E-state index < -0.39 is 0 Å². The van der Waals surface area contributed by atoms with Crippen molar-refractivity contribution in [3.05, 3.63) is 0 Å². The van der Waals surface area contributed by atoms with Crippen LogP contribution in [0.15, 0.2) is 0 Å². The van der Waals surface area contributed by atoms with Crippen molar-refractivity contribution in [1.29, 1.82) is 0 Å². The molecule has 0 bridgehead atoms. The van der Waals surface area contributed by atoms with Crippen LogP contribution in [0, 0.1) is 11.3 Å². The predicted octanol–water partition coefficient (Wildman–Crippen LogP) is 2.44. The minimum Gasteiger partial charge on any atom is -0.381 e. The van der Waals surface area contributed by atoms with Gasteiger partial charge in [0.05, 0.1) is 6.61 Å². The van der Waals surface area contributed by atoms with Crippen LogP contribution in [0.5, 0.6) is 0 Å². The van der Waals surface area contributed by atoms with Crippen LogP contribution in [0.2, 0.25) is 0 Å². The maximum absolute atomic E-state index is 5.39. The van der Waals surface area contributed by atoms with Gasteiger partial charge in [0, 0.05) is 12.6 Å². The van der Waals surface area contributed by atoms with Crippen LogP contribution < -0.4 is 5.32 Å². The van der Waals surface area contributed by atoms with E-state index in [0.717, 1.165) is 25.7 Å². The molecule has 2 heteroatoms. The molecule has 2 atom stereocenters. The lowest BCUT2D eigenvalue weighted by atomic mass is 9.92. The lowest BCUT2D eigenvalue weighted by molar-refractivity contribution is 0.177. The summed E-state index contributed by atoms with van der Waals surface area (Å²) in [6.45, 7) is 12.2. The van der Waals surface area contributed by atoms with Crippen molar-refractivity contribution in [2.75, 3.05) is 19.8 Å². The molecule has 1 aliphatic rings. The molecular formula is C12H25NO. The molecule has 0 aromatic rings. The zero-order valence-corrected chi connectivity index (χ0v) is 10.1. The number of hydrogen-bond donors (Lipinski definition) is 1. The van der Waals surface area contributed by atoms with Crippen molar-refractivity contribution in [3.8, 4) is 0 Å². The van der Waals surface area contributed by atoms with Crippen LogP contribution in [0.3, 0.4) is 0 Å². The fraction of sp³-hybridized carbons (Fsp3) is 1.00. The first-order valence-corrected chi connectivity index (χ1v) is 5.80. The third kappa shape index (κ3) is 4.43. The highest BCUT2D eigenvalue weighted by atomic mass is 16.5. The first-order chi connectivity index (χ1) is 6.49. The summed E-state index contributed by atoms with van der Waals surface area (Å²) < 4.78 is 5.39. The normalized spacial score (nSPS) is 25.3. The maximum atomic E-state index is 5.39. The molecule has 1 N–H and O–H groups in total. The zero-order valence-electron chi connectivity index (χ0n) is 10.1. The van der Waals surface area contributed by atoms with E-state index in [0.29, 0.717) is 11.5 Å². The maximum Gasteiger partial charge on any atom is 0.0509 e. The quantitative estimate of drug-likeness (QED) is 0.751. The Balaban J connectivity index is 2.11. The van der Waals surface area contributed by atoms with E-state index in [1.807, 2.05) is 0 Å². The number of rotatable bonds is 4. The van der Waals surface area contributed by atoms with Gasteiger partial charge in [-0.25, -0.2) is 0 Å².